The number of carboxylic acid groups (broad SMARTS) is 1. The van der Waals surface area contributed by atoms with E-state index in [1.165, 1.54) is 102 Å². The first-order valence-corrected chi connectivity index (χ1v) is 13.3. The lowest BCUT2D eigenvalue weighted by molar-refractivity contribution is -0.136. The fourth-order valence-electron chi connectivity index (χ4n) is 3.57. The van der Waals surface area contributed by atoms with Crippen molar-refractivity contribution in [3.8, 4) is 0 Å². The number of nitrogens with one attached hydrogen (secondary N) is 1. The van der Waals surface area contributed by atoms with Crippen molar-refractivity contribution < 1.29 is 29.0 Å². The van der Waals surface area contributed by atoms with Gasteiger partial charge in [0, 0.05) is 18.9 Å². The third-order valence-electron chi connectivity index (χ3n) is 5.53. The molecule has 0 bridgehead atoms. The lowest BCUT2D eigenvalue weighted by Crippen LogP contribution is -2.29. The fourth-order valence-corrected chi connectivity index (χ4v) is 3.57. The van der Waals surface area contributed by atoms with Gasteiger partial charge in [-0.1, -0.05) is 78.6 Å². The van der Waals surface area contributed by atoms with Crippen molar-refractivity contribution >= 4 is 17.5 Å². The SMILES string of the molecule is CCCCCCCCCCNC(CCC)CCC.O=C(O)C1=COC=CO1.O=C1C=CC(=O)CC1. The van der Waals surface area contributed by atoms with Crippen molar-refractivity contribution in [2.75, 3.05) is 6.54 Å². The van der Waals surface area contributed by atoms with Crippen molar-refractivity contribution in [1.82, 2.24) is 5.32 Å². The van der Waals surface area contributed by atoms with Gasteiger partial charge in [-0.2, -0.15) is 0 Å². The number of hydrogen-bond donors (Lipinski definition) is 2. The Labute approximate surface area is 212 Å². The quantitative estimate of drug-likeness (QED) is 0.248. The molecular weight excluding hydrogens is 446 g/mol. The highest BCUT2D eigenvalue weighted by atomic mass is 16.5. The lowest BCUT2D eigenvalue weighted by atomic mass is 10.1. The van der Waals surface area contributed by atoms with Crippen molar-refractivity contribution in [1.29, 1.82) is 0 Å². The van der Waals surface area contributed by atoms with Gasteiger partial charge in [0.2, 0.25) is 5.76 Å². The van der Waals surface area contributed by atoms with Crippen LogP contribution in [0.1, 0.15) is 111 Å². The van der Waals surface area contributed by atoms with E-state index in [0.717, 1.165) is 18.6 Å². The molecule has 1 aliphatic carbocycles. The number of ether oxygens (including phenoxy) is 2. The molecule has 2 aliphatic rings. The highest BCUT2D eigenvalue weighted by Crippen LogP contribution is 2.09. The summed E-state index contributed by atoms with van der Waals surface area (Å²) in [6.07, 6.45) is 23.6. The van der Waals surface area contributed by atoms with Crippen LogP contribution in [0.15, 0.2) is 36.7 Å². The maximum atomic E-state index is 10.4. The van der Waals surface area contributed by atoms with Gasteiger partial charge >= 0.3 is 5.97 Å². The minimum absolute atomic E-state index is 0.0598. The number of carbonyl (C=O) groups is 3. The second-order valence-corrected chi connectivity index (χ2v) is 8.78. The van der Waals surface area contributed by atoms with Gasteiger partial charge in [0.25, 0.3) is 0 Å². The second kappa shape index (κ2) is 23.3. The minimum atomic E-state index is -1.14. The molecule has 1 heterocycles. The molecule has 2 rings (SSSR count). The maximum absolute atomic E-state index is 10.4. The van der Waals surface area contributed by atoms with E-state index >= 15 is 0 Å². The molecule has 0 spiro atoms. The maximum Gasteiger partial charge on any atom is 0.375 e. The van der Waals surface area contributed by atoms with E-state index in [4.69, 9.17) is 5.11 Å². The zero-order valence-corrected chi connectivity index (χ0v) is 22.1. The number of ketones is 2. The van der Waals surface area contributed by atoms with E-state index in [-0.39, 0.29) is 17.3 Å². The van der Waals surface area contributed by atoms with Gasteiger partial charge in [-0.3, -0.25) is 9.59 Å². The van der Waals surface area contributed by atoms with Crippen LogP contribution in [0, 0.1) is 0 Å². The predicted octanol–water partition coefficient (Wildman–Crippen LogP) is 6.59. The fraction of sp³-hybridized carbons (Fsp3) is 0.679. The van der Waals surface area contributed by atoms with E-state index < -0.39 is 5.97 Å². The van der Waals surface area contributed by atoms with Gasteiger partial charge in [0.15, 0.2) is 11.6 Å². The summed E-state index contributed by atoms with van der Waals surface area (Å²) in [6.45, 7) is 8.11. The number of carboxylic acids is 1. The number of allylic oxidation sites excluding steroid dienone is 2. The van der Waals surface area contributed by atoms with Crippen molar-refractivity contribution in [2.24, 2.45) is 0 Å². The Morgan fingerprint density at radius 1 is 0.857 bits per heavy atom. The minimum Gasteiger partial charge on any atom is -0.475 e. The highest BCUT2D eigenvalue weighted by Gasteiger charge is 2.09. The molecule has 0 saturated carbocycles. The van der Waals surface area contributed by atoms with Crippen LogP contribution in [0.25, 0.3) is 0 Å². The first-order chi connectivity index (χ1) is 16.9. The molecular formula is C28H47NO6. The number of hydrogen-bond acceptors (Lipinski definition) is 6. The van der Waals surface area contributed by atoms with Crippen LogP contribution in [0.5, 0.6) is 0 Å². The Bertz CT molecular complexity index is 644. The molecule has 35 heavy (non-hydrogen) atoms. The van der Waals surface area contributed by atoms with Gasteiger partial charge < -0.3 is 19.9 Å². The van der Waals surface area contributed by atoms with Crippen LogP contribution < -0.4 is 5.32 Å². The number of aliphatic carboxylic acids is 1. The molecule has 0 radical (unpaired) electrons. The zero-order valence-electron chi connectivity index (χ0n) is 22.1. The molecule has 0 amide bonds. The molecule has 0 fully saturated rings. The largest absolute Gasteiger partial charge is 0.475 e. The molecule has 2 N–H and O–H groups in total. The molecule has 0 unspecified atom stereocenters. The summed E-state index contributed by atoms with van der Waals surface area (Å²) in [5.74, 6) is -1.23. The normalized spacial score (nSPS) is 14.2. The Hall–Kier alpha value is -2.41. The molecule has 7 nitrogen and oxygen atoms in total. The van der Waals surface area contributed by atoms with Gasteiger partial charge in [-0.25, -0.2) is 4.79 Å². The highest BCUT2D eigenvalue weighted by molar-refractivity contribution is 6.04. The standard InChI is InChI=1S/C17H37N.C6H6O2.C5H4O4/c1-4-7-8-9-10-11-12-13-16-18-17(14-5-2)15-6-3;7-5-1-2-6(8)4-3-5;6-5(7)4-3-8-1-2-9-4/h17-18H,4-16H2,1-3H3;1-2H,3-4H2;1-3H,(H,6,7). The first kappa shape index (κ1) is 32.6. The Morgan fingerprint density at radius 3 is 1.80 bits per heavy atom. The zero-order chi connectivity index (χ0) is 26.2. The third kappa shape index (κ3) is 20.7. The molecule has 0 aromatic rings. The van der Waals surface area contributed by atoms with Crippen molar-refractivity contribution in [2.45, 2.75) is 117 Å². The Kier molecular flexibility index (Phi) is 21.7. The molecule has 1 aliphatic heterocycles. The smallest absolute Gasteiger partial charge is 0.375 e. The van der Waals surface area contributed by atoms with Crippen molar-refractivity contribution in [3.63, 3.8) is 0 Å². The van der Waals surface area contributed by atoms with E-state index in [2.05, 4.69) is 35.6 Å². The third-order valence-corrected chi connectivity index (χ3v) is 5.53. The van der Waals surface area contributed by atoms with Crippen LogP contribution in [0.4, 0.5) is 0 Å². The summed E-state index contributed by atoms with van der Waals surface area (Å²) in [5, 5.41) is 12.0. The van der Waals surface area contributed by atoms with Crippen LogP contribution in [-0.2, 0) is 23.9 Å². The number of carbonyl (C=O) groups excluding carboxylic acids is 2. The summed E-state index contributed by atoms with van der Waals surface area (Å²) in [5.41, 5.74) is 0. The molecule has 0 atom stereocenters. The van der Waals surface area contributed by atoms with E-state index in [0.29, 0.717) is 12.8 Å². The summed E-state index contributed by atoms with van der Waals surface area (Å²) in [7, 11) is 0. The Balaban J connectivity index is 0.000000558. The van der Waals surface area contributed by atoms with Crippen LogP contribution in [0.2, 0.25) is 0 Å². The van der Waals surface area contributed by atoms with Crippen molar-refractivity contribution in [3.05, 3.63) is 36.7 Å². The number of rotatable bonds is 15. The molecule has 0 aromatic carbocycles. The predicted molar refractivity (Wildman–Crippen MR) is 140 cm³/mol. The van der Waals surface area contributed by atoms with Gasteiger partial charge in [0.1, 0.15) is 18.8 Å². The summed E-state index contributed by atoms with van der Waals surface area (Å²) < 4.78 is 8.99. The lowest BCUT2D eigenvalue weighted by Gasteiger charge is -2.17. The summed E-state index contributed by atoms with van der Waals surface area (Å²) in [6, 6.07) is 0.782. The monoisotopic (exact) mass is 493 g/mol. The average Bonchev–Trinajstić information content (AvgIpc) is 2.86. The molecule has 200 valence electrons. The topological polar surface area (TPSA) is 102 Å². The van der Waals surface area contributed by atoms with E-state index in [1.807, 2.05) is 0 Å². The van der Waals surface area contributed by atoms with Crippen LogP contribution >= 0.6 is 0 Å². The van der Waals surface area contributed by atoms with Gasteiger partial charge in [-0.15, -0.1) is 0 Å². The molecule has 7 heteroatoms. The van der Waals surface area contributed by atoms with Gasteiger partial charge in [0.05, 0.1) is 0 Å². The van der Waals surface area contributed by atoms with E-state index in [9.17, 15) is 14.4 Å². The van der Waals surface area contributed by atoms with Crippen LogP contribution in [0.3, 0.4) is 0 Å². The Morgan fingerprint density at radius 2 is 1.40 bits per heavy atom. The second-order valence-electron chi connectivity index (χ2n) is 8.78. The van der Waals surface area contributed by atoms with Crippen LogP contribution in [-0.4, -0.2) is 35.2 Å². The molecule has 0 aromatic heterocycles. The summed E-state index contributed by atoms with van der Waals surface area (Å²) >= 11 is 0. The summed E-state index contributed by atoms with van der Waals surface area (Å²) in [4.78, 5) is 30.8. The van der Waals surface area contributed by atoms with Gasteiger partial charge in [-0.05, 0) is 38.0 Å². The first-order valence-electron chi connectivity index (χ1n) is 13.3. The number of unbranched alkanes of at least 4 members (excludes halogenated alkanes) is 7. The van der Waals surface area contributed by atoms with E-state index in [1.54, 1.807) is 0 Å². The molecule has 0 saturated heterocycles. The average molecular weight is 494 g/mol.